The van der Waals surface area contributed by atoms with Gasteiger partial charge >= 0.3 is 0 Å². The van der Waals surface area contributed by atoms with Gasteiger partial charge in [-0.2, -0.15) is 0 Å². The Labute approximate surface area is 123 Å². The number of hydrogen-bond acceptors (Lipinski definition) is 2. The van der Waals surface area contributed by atoms with Gasteiger partial charge in [-0.3, -0.25) is 0 Å². The van der Waals surface area contributed by atoms with Gasteiger partial charge in [-0.1, -0.05) is 37.6 Å². The monoisotopic (exact) mass is 276 g/mol. The topological polar surface area (TPSA) is 29.5 Å². The van der Waals surface area contributed by atoms with E-state index in [4.69, 9.17) is 4.74 Å². The Bertz CT molecular complexity index is 431. The van der Waals surface area contributed by atoms with Crippen LogP contribution in [0.4, 0.5) is 0 Å². The molecule has 20 heavy (non-hydrogen) atoms. The molecule has 0 radical (unpaired) electrons. The van der Waals surface area contributed by atoms with Crippen molar-refractivity contribution < 1.29 is 9.84 Å². The van der Waals surface area contributed by atoms with Crippen LogP contribution in [0.1, 0.15) is 55.9 Å². The number of rotatable bonds is 4. The van der Waals surface area contributed by atoms with Crippen LogP contribution in [0, 0.1) is 25.7 Å². The van der Waals surface area contributed by atoms with E-state index in [1.54, 1.807) is 0 Å². The van der Waals surface area contributed by atoms with E-state index in [2.05, 4.69) is 39.8 Å². The summed E-state index contributed by atoms with van der Waals surface area (Å²) in [4.78, 5) is 0. The second-order valence-corrected chi connectivity index (χ2v) is 6.75. The summed E-state index contributed by atoms with van der Waals surface area (Å²) in [5, 5.41) is 10.3. The molecular weight excluding hydrogens is 248 g/mol. The van der Waals surface area contributed by atoms with Crippen molar-refractivity contribution in [3.8, 4) is 0 Å². The van der Waals surface area contributed by atoms with E-state index in [0.717, 1.165) is 35.8 Å². The molecular formula is C18H28O2. The predicted molar refractivity (Wildman–Crippen MR) is 82.8 cm³/mol. The van der Waals surface area contributed by atoms with Gasteiger partial charge in [0.05, 0.1) is 12.7 Å². The van der Waals surface area contributed by atoms with Crippen LogP contribution in [0.5, 0.6) is 0 Å². The SMILES string of the molecule is Cc1ccc(C(O)COC2CC(C)CC(C)C2)c(C)c1. The third-order valence-electron chi connectivity index (χ3n) is 4.41. The molecule has 1 aliphatic carbocycles. The van der Waals surface area contributed by atoms with Crippen LogP contribution in [0.15, 0.2) is 18.2 Å². The Morgan fingerprint density at radius 3 is 2.40 bits per heavy atom. The molecule has 0 bridgehead atoms. The minimum absolute atomic E-state index is 0.314. The fourth-order valence-corrected chi connectivity index (χ4v) is 3.53. The minimum atomic E-state index is -0.511. The van der Waals surface area contributed by atoms with Crippen molar-refractivity contribution in [1.82, 2.24) is 0 Å². The highest BCUT2D eigenvalue weighted by molar-refractivity contribution is 5.31. The molecule has 2 nitrogen and oxygen atoms in total. The largest absolute Gasteiger partial charge is 0.386 e. The predicted octanol–water partition coefficient (Wildman–Crippen LogP) is 4.18. The van der Waals surface area contributed by atoms with E-state index >= 15 is 0 Å². The van der Waals surface area contributed by atoms with Gasteiger partial charge in [0.1, 0.15) is 6.10 Å². The standard InChI is InChI=1S/C18H28O2/c1-12-5-6-17(15(4)8-12)18(19)11-20-16-9-13(2)7-14(3)10-16/h5-6,8,13-14,16,18-19H,7,9-11H2,1-4H3. The third-order valence-corrected chi connectivity index (χ3v) is 4.41. The minimum Gasteiger partial charge on any atom is -0.386 e. The highest BCUT2D eigenvalue weighted by Gasteiger charge is 2.25. The number of aryl methyl sites for hydroxylation is 2. The van der Waals surface area contributed by atoms with Crippen molar-refractivity contribution in [3.63, 3.8) is 0 Å². The first kappa shape index (κ1) is 15.5. The van der Waals surface area contributed by atoms with Gasteiger partial charge in [-0.05, 0) is 56.1 Å². The van der Waals surface area contributed by atoms with E-state index in [-0.39, 0.29) is 0 Å². The molecule has 0 heterocycles. The summed E-state index contributed by atoms with van der Waals surface area (Å²) in [6, 6.07) is 6.18. The van der Waals surface area contributed by atoms with E-state index < -0.39 is 6.10 Å². The van der Waals surface area contributed by atoms with Crippen LogP contribution in [0.3, 0.4) is 0 Å². The first-order valence-corrected chi connectivity index (χ1v) is 7.82. The van der Waals surface area contributed by atoms with Gasteiger partial charge < -0.3 is 9.84 Å². The molecule has 1 aliphatic rings. The summed E-state index contributed by atoms with van der Waals surface area (Å²) in [7, 11) is 0. The Morgan fingerprint density at radius 2 is 1.80 bits per heavy atom. The van der Waals surface area contributed by atoms with Crippen molar-refractivity contribution in [3.05, 3.63) is 34.9 Å². The average molecular weight is 276 g/mol. The molecule has 1 aromatic rings. The molecule has 1 fully saturated rings. The number of aliphatic hydroxyl groups is 1. The number of ether oxygens (including phenoxy) is 1. The zero-order valence-electron chi connectivity index (χ0n) is 13.2. The molecule has 0 aromatic heterocycles. The lowest BCUT2D eigenvalue weighted by atomic mass is 9.82. The lowest BCUT2D eigenvalue weighted by molar-refractivity contribution is -0.0413. The Balaban J connectivity index is 1.90. The molecule has 112 valence electrons. The first-order chi connectivity index (χ1) is 9.45. The van der Waals surface area contributed by atoms with Crippen LogP contribution in [-0.2, 0) is 4.74 Å². The van der Waals surface area contributed by atoms with Gasteiger partial charge in [0.25, 0.3) is 0 Å². The van der Waals surface area contributed by atoms with Crippen molar-refractivity contribution in [2.24, 2.45) is 11.8 Å². The third kappa shape index (κ3) is 4.07. The molecule has 1 aromatic carbocycles. The van der Waals surface area contributed by atoms with Crippen molar-refractivity contribution >= 4 is 0 Å². The lowest BCUT2D eigenvalue weighted by Gasteiger charge is -2.32. The van der Waals surface area contributed by atoms with Crippen molar-refractivity contribution in [2.45, 2.75) is 59.2 Å². The fraction of sp³-hybridized carbons (Fsp3) is 0.667. The zero-order valence-corrected chi connectivity index (χ0v) is 13.2. The van der Waals surface area contributed by atoms with E-state index in [1.807, 2.05) is 6.07 Å². The van der Waals surface area contributed by atoms with Crippen molar-refractivity contribution in [2.75, 3.05) is 6.61 Å². The first-order valence-electron chi connectivity index (χ1n) is 7.82. The quantitative estimate of drug-likeness (QED) is 0.894. The van der Waals surface area contributed by atoms with Crippen LogP contribution in [0.25, 0.3) is 0 Å². The average Bonchev–Trinajstić information content (AvgIpc) is 2.35. The van der Waals surface area contributed by atoms with E-state index in [9.17, 15) is 5.11 Å². The lowest BCUT2D eigenvalue weighted by Crippen LogP contribution is -2.27. The van der Waals surface area contributed by atoms with Crippen LogP contribution in [0.2, 0.25) is 0 Å². The molecule has 0 spiro atoms. The Morgan fingerprint density at radius 1 is 1.15 bits per heavy atom. The summed E-state index contributed by atoms with van der Waals surface area (Å²) in [6.07, 6.45) is 3.37. The number of benzene rings is 1. The maximum atomic E-state index is 10.3. The highest BCUT2D eigenvalue weighted by Crippen LogP contribution is 2.31. The van der Waals surface area contributed by atoms with Gasteiger partial charge in [0.2, 0.25) is 0 Å². The second kappa shape index (κ2) is 6.73. The number of aliphatic hydroxyl groups excluding tert-OH is 1. The molecule has 3 atom stereocenters. The summed E-state index contributed by atoms with van der Waals surface area (Å²) < 4.78 is 5.98. The Hall–Kier alpha value is -0.860. The highest BCUT2D eigenvalue weighted by atomic mass is 16.5. The van der Waals surface area contributed by atoms with E-state index in [0.29, 0.717) is 12.7 Å². The molecule has 1 saturated carbocycles. The van der Waals surface area contributed by atoms with Gasteiger partial charge in [-0.15, -0.1) is 0 Å². The Kier molecular flexibility index (Phi) is 5.22. The maximum Gasteiger partial charge on any atom is 0.103 e. The fourth-order valence-electron chi connectivity index (χ4n) is 3.53. The second-order valence-electron chi connectivity index (χ2n) is 6.75. The molecule has 0 amide bonds. The summed E-state index contributed by atoms with van der Waals surface area (Å²) in [5.41, 5.74) is 3.37. The maximum absolute atomic E-state index is 10.3. The molecule has 0 saturated heterocycles. The van der Waals surface area contributed by atoms with Gasteiger partial charge in [0, 0.05) is 0 Å². The van der Waals surface area contributed by atoms with Gasteiger partial charge in [-0.25, -0.2) is 0 Å². The summed E-state index contributed by atoms with van der Waals surface area (Å²) in [5.74, 6) is 1.48. The molecule has 3 unspecified atom stereocenters. The summed E-state index contributed by atoms with van der Waals surface area (Å²) in [6.45, 7) is 9.13. The zero-order chi connectivity index (χ0) is 14.7. The van der Waals surface area contributed by atoms with Crippen LogP contribution >= 0.6 is 0 Å². The van der Waals surface area contributed by atoms with Gasteiger partial charge in [0.15, 0.2) is 0 Å². The van der Waals surface area contributed by atoms with Crippen LogP contribution < -0.4 is 0 Å². The normalized spacial score (nSPS) is 28.4. The van der Waals surface area contributed by atoms with Crippen LogP contribution in [-0.4, -0.2) is 17.8 Å². The smallest absolute Gasteiger partial charge is 0.103 e. The number of hydrogen-bond donors (Lipinski definition) is 1. The molecule has 2 heteroatoms. The molecule has 1 N–H and O–H groups in total. The molecule has 0 aliphatic heterocycles. The van der Waals surface area contributed by atoms with E-state index in [1.165, 1.54) is 12.0 Å². The van der Waals surface area contributed by atoms with Crippen molar-refractivity contribution in [1.29, 1.82) is 0 Å². The summed E-state index contributed by atoms with van der Waals surface area (Å²) >= 11 is 0. The molecule has 2 rings (SSSR count).